The standard InChI is InChI=1S/C25H27FN2O4/c1-2-30-23-8-4-7-21-20(23)16-22(28(21)17-18-5-3-6-19(26)15-18)24(29)27-11-9-25(10-12-27)31-13-14-32-25/h3-8,15-16H,2,9-14,17H2,1H3. The number of nitrogens with zero attached hydrogens (tertiary/aromatic N) is 2. The molecule has 0 bridgehead atoms. The van der Waals surface area contributed by atoms with Gasteiger partial charge in [0.05, 0.1) is 25.3 Å². The number of fused-ring (bicyclic) bond motifs is 1. The van der Waals surface area contributed by atoms with Gasteiger partial charge >= 0.3 is 0 Å². The van der Waals surface area contributed by atoms with E-state index in [1.54, 1.807) is 6.07 Å². The molecular weight excluding hydrogens is 411 g/mol. The average Bonchev–Trinajstić information content (AvgIpc) is 3.40. The summed E-state index contributed by atoms with van der Waals surface area (Å²) < 4.78 is 33.2. The predicted molar refractivity (Wildman–Crippen MR) is 118 cm³/mol. The second kappa shape index (κ2) is 8.56. The van der Waals surface area contributed by atoms with E-state index in [0.717, 1.165) is 22.2 Å². The lowest BCUT2D eigenvalue weighted by Gasteiger charge is -2.37. The molecule has 2 aliphatic heterocycles. The number of halogens is 1. The minimum Gasteiger partial charge on any atom is -0.493 e. The van der Waals surface area contributed by atoms with Gasteiger partial charge in [-0.05, 0) is 42.8 Å². The third kappa shape index (κ3) is 3.87. The summed E-state index contributed by atoms with van der Waals surface area (Å²) in [6, 6.07) is 14.2. The Morgan fingerprint density at radius 2 is 1.84 bits per heavy atom. The summed E-state index contributed by atoms with van der Waals surface area (Å²) >= 11 is 0. The molecule has 0 radical (unpaired) electrons. The molecule has 2 aromatic carbocycles. The molecule has 1 amide bonds. The van der Waals surface area contributed by atoms with Crippen LogP contribution in [0, 0.1) is 5.82 Å². The van der Waals surface area contributed by atoms with Crippen LogP contribution in [-0.2, 0) is 16.0 Å². The summed E-state index contributed by atoms with van der Waals surface area (Å²) in [4.78, 5) is 15.5. The number of hydrogen-bond acceptors (Lipinski definition) is 4. The Hall–Kier alpha value is -2.90. The molecule has 168 valence electrons. The van der Waals surface area contributed by atoms with Gasteiger partial charge in [-0.1, -0.05) is 18.2 Å². The van der Waals surface area contributed by atoms with Gasteiger partial charge in [0, 0.05) is 37.9 Å². The normalized spacial score (nSPS) is 17.9. The minimum absolute atomic E-state index is 0.0482. The zero-order valence-electron chi connectivity index (χ0n) is 18.2. The lowest BCUT2D eigenvalue weighted by atomic mass is 10.0. The van der Waals surface area contributed by atoms with Crippen molar-refractivity contribution in [2.24, 2.45) is 0 Å². The Bertz CT molecular complexity index is 1130. The first-order valence-corrected chi connectivity index (χ1v) is 11.2. The molecule has 2 aliphatic rings. The Labute approximate surface area is 186 Å². The summed E-state index contributed by atoms with van der Waals surface area (Å²) in [5.74, 6) is -0.136. The van der Waals surface area contributed by atoms with Crippen LogP contribution in [0.1, 0.15) is 35.8 Å². The fourth-order valence-corrected chi connectivity index (χ4v) is 4.70. The largest absolute Gasteiger partial charge is 0.493 e. The van der Waals surface area contributed by atoms with Crippen molar-refractivity contribution in [2.75, 3.05) is 32.9 Å². The Morgan fingerprint density at radius 1 is 1.09 bits per heavy atom. The SMILES string of the molecule is CCOc1cccc2c1cc(C(=O)N1CCC3(CC1)OCCO3)n2Cc1cccc(F)c1. The van der Waals surface area contributed by atoms with Crippen LogP contribution in [0.25, 0.3) is 10.9 Å². The molecule has 2 fully saturated rings. The van der Waals surface area contributed by atoms with Crippen LogP contribution < -0.4 is 4.74 Å². The van der Waals surface area contributed by atoms with Crippen LogP contribution in [0.15, 0.2) is 48.5 Å². The van der Waals surface area contributed by atoms with Crippen molar-refractivity contribution in [3.8, 4) is 5.75 Å². The molecule has 1 spiro atoms. The summed E-state index contributed by atoms with van der Waals surface area (Å²) in [5, 5.41) is 0.880. The van der Waals surface area contributed by atoms with Gasteiger partial charge in [-0.2, -0.15) is 0 Å². The van der Waals surface area contributed by atoms with Gasteiger partial charge in [0.2, 0.25) is 0 Å². The van der Waals surface area contributed by atoms with Crippen molar-refractivity contribution < 1.29 is 23.4 Å². The molecule has 0 unspecified atom stereocenters. The van der Waals surface area contributed by atoms with E-state index in [0.29, 0.717) is 58.0 Å². The Kier molecular flexibility index (Phi) is 5.61. The average molecular weight is 438 g/mol. The number of amides is 1. The van der Waals surface area contributed by atoms with E-state index in [9.17, 15) is 9.18 Å². The van der Waals surface area contributed by atoms with E-state index in [-0.39, 0.29) is 11.7 Å². The second-order valence-electron chi connectivity index (χ2n) is 8.27. The van der Waals surface area contributed by atoms with Gasteiger partial charge in [0.15, 0.2) is 5.79 Å². The fraction of sp³-hybridized carbons (Fsp3) is 0.400. The number of carbonyl (C=O) groups excluding carboxylic acids is 1. The van der Waals surface area contributed by atoms with E-state index in [4.69, 9.17) is 14.2 Å². The summed E-state index contributed by atoms with van der Waals surface area (Å²) in [7, 11) is 0. The van der Waals surface area contributed by atoms with Crippen molar-refractivity contribution in [1.29, 1.82) is 0 Å². The minimum atomic E-state index is -0.535. The quantitative estimate of drug-likeness (QED) is 0.599. The third-order valence-corrected chi connectivity index (χ3v) is 6.28. The number of ether oxygens (including phenoxy) is 3. The first-order valence-electron chi connectivity index (χ1n) is 11.2. The van der Waals surface area contributed by atoms with Crippen LogP contribution in [0.2, 0.25) is 0 Å². The number of rotatable bonds is 5. The van der Waals surface area contributed by atoms with E-state index in [1.807, 2.05) is 46.7 Å². The number of benzene rings is 2. The molecule has 5 rings (SSSR count). The van der Waals surface area contributed by atoms with Crippen molar-refractivity contribution in [1.82, 2.24) is 9.47 Å². The first kappa shape index (κ1) is 21.0. The highest BCUT2D eigenvalue weighted by Gasteiger charge is 2.41. The fourth-order valence-electron chi connectivity index (χ4n) is 4.70. The maximum absolute atomic E-state index is 13.8. The van der Waals surface area contributed by atoms with Crippen LogP contribution >= 0.6 is 0 Å². The molecule has 3 heterocycles. The Morgan fingerprint density at radius 3 is 2.56 bits per heavy atom. The van der Waals surface area contributed by atoms with E-state index >= 15 is 0 Å². The van der Waals surface area contributed by atoms with Crippen LogP contribution in [0.3, 0.4) is 0 Å². The summed E-state index contributed by atoms with van der Waals surface area (Å²) in [5.41, 5.74) is 2.25. The van der Waals surface area contributed by atoms with Gasteiger partial charge in [-0.3, -0.25) is 4.79 Å². The maximum Gasteiger partial charge on any atom is 0.270 e. The molecule has 2 saturated heterocycles. The van der Waals surface area contributed by atoms with E-state index < -0.39 is 5.79 Å². The highest BCUT2D eigenvalue weighted by molar-refractivity contribution is 6.00. The van der Waals surface area contributed by atoms with Crippen molar-refractivity contribution in [3.63, 3.8) is 0 Å². The molecule has 0 aliphatic carbocycles. The zero-order chi connectivity index (χ0) is 22.1. The molecule has 7 heteroatoms. The number of likely N-dealkylation sites (tertiary alicyclic amines) is 1. The van der Waals surface area contributed by atoms with Gasteiger partial charge in [0.1, 0.15) is 17.3 Å². The summed E-state index contributed by atoms with van der Waals surface area (Å²) in [6.45, 7) is 5.21. The van der Waals surface area contributed by atoms with Crippen LogP contribution in [0.4, 0.5) is 4.39 Å². The third-order valence-electron chi connectivity index (χ3n) is 6.28. The first-order chi connectivity index (χ1) is 15.6. The Balaban J connectivity index is 1.50. The molecular formula is C25H27FN2O4. The highest BCUT2D eigenvalue weighted by Crippen LogP contribution is 2.34. The molecule has 0 N–H and O–H groups in total. The lowest BCUT2D eigenvalue weighted by Crippen LogP contribution is -2.47. The predicted octanol–water partition coefficient (Wildman–Crippen LogP) is 4.21. The number of aromatic nitrogens is 1. The lowest BCUT2D eigenvalue weighted by molar-refractivity contribution is -0.181. The van der Waals surface area contributed by atoms with Gasteiger partial charge in [0.25, 0.3) is 5.91 Å². The topological polar surface area (TPSA) is 52.9 Å². The van der Waals surface area contributed by atoms with Gasteiger partial charge in [-0.15, -0.1) is 0 Å². The number of carbonyl (C=O) groups is 1. The van der Waals surface area contributed by atoms with Crippen molar-refractivity contribution >= 4 is 16.8 Å². The molecule has 1 aromatic heterocycles. The zero-order valence-corrected chi connectivity index (χ0v) is 18.2. The van der Waals surface area contributed by atoms with Crippen molar-refractivity contribution in [2.45, 2.75) is 32.1 Å². The smallest absolute Gasteiger partial charge is 0.270 e. The second-order valence-corrected chi connectivity index (χ2v) is 8.27. The number of piperidine rings is 1. The number of hydrogen-bond donors (Lipinski definition) is 0. The van der Waals surface area contributed by atoms with Crippen LogP contribution in [-0.4, -0.2) is 54.1 Å². The van der Waals surface area contributed by atoms with E-state index in [1.165, 1.54) is 12.1 Å². The molecule has 6 nitrogen and oxygen atoms in total. The molecule has 3 aromatic rings. The van der Waals surface area contributed by atoms with Crippen LogP contribution in [0.5, 0.6) is 5.75 Å². The molecule has 0 atom stereocenters. The molecule has 32 heavy (non-hydrogen) atoms. The maximum atomic E-state index is 13.8. The van der Waals surface area contributed by atoms with Gasteiger partial charge < -0.3 is 23.7 Å². The van der Waals surface area contributed by atoms with Gasteiger partial charge in [-0.25, -0.2) is 4.39 Å². The molecule has 0 saturated carbocycles. The summed E-state index contributed by atoms with van der Waals surface area (Å²) in [6.07, 6.45) is 1.32. The highest BCUT2D eigenvalue weighted by atomic mass is 19.1. The van der Waals surface area contributed by atoms with E-state index in [2.05, 4.69) is 0 Å². The van der Waals surface area contributed by atoms with Crippen molar-refractivity contribution in [3.05, 3.63) is 65.6 Å². The monoisotopic (exact) mass is 438 g/mol.